The van der Waals surface area contributed by atoms with Crippen molar-refractivity contribution in [2.24, 2.45) is 5.41 Å². The number of esters is 1. The van der Waals surface area contributed by atoms with E-state index in [0.29, 0.717) is 6.04 Å². The number of rotatable bonds is 6. The second-order valence-electron chi connectivity index (χ2n) is 4.49. The molecule has 0 radical (unpaired) electrons. The highest BCUT2D eigenvalue weighted by Crippen LogP contribution is 2.28. The molecule has 0 aliphatic heterocycles. The van der Waals surface area contributed by atoms with Crippen molar-refractivity contribution < 1.29 is 9.53 Å². The van der Waals surface area contributed by atoms with Gasteiger partial charge in [0.15, 0.2) is 0 Å². The van der Waals surface area contributed by atoms with Crippen LogP contribution in [0.15, 0.2) is 0 Å². The summed E-state index contributed by atoms with van der Waals surface area (Å²) in [5, 5.41) is 3.48. The van der Waals surface area contributed by atoms with E-state index in [9.17, 15) is 4.79 Å². The summed E-state index contributed by atoms with van der Waals surface area (Å²) in [6.07, 6.45) is 5.52. The van der Waals surface area contributed by atoms with Gasteiger partial charge in [-0.3, -0.25) is 4.79 Å². The second-order valence-corrected chi connectivity index (χ2v) is 4.49. The lowest BCUT2D eigenvalue weighted by atomic mass is 9.81. The molecule has 1 saturated carbocycles. The Morgan fingerprint density at radius 1 is 1.40 bits per heavy atom. The van der Waals surface area contributed by atoms with Crippen molar-refractivity contribution in [2.45, 2.75) is 52.0 Å². The SMILES string of the molecule is CCC(CC)(CNC1CCC1)C(=O)OC. The van der Waals surface area contributed by atoms with Crippen LogP contribution in [0.4, 0.5) is 0 Å². The van der Waals surface area contributed by atoms with Crippen molar-refractivity contribution in [3.05, 3.63) is 0 Å². The molecular weight excluding hydrogens is 190 g/mol. The van der Waals surface area contributed by atoms with Crippen LogP contribution in [0.3, 0.4) is 0 Å². The van der Waals surface area contributed by atoms with Gasteiger partial charge in [0, 0.05) is 12.6 Å². The van der Waals surface area contributed by atoms with Crippen LogP contribution in [0.25, 0.3) is 0 Å². The lowest BCUT2D eigenvalue weighted by Gasteiger charge is -2.34. The van der Waals surface area contributed by atoms with Gasteiger partial charge in [0.05, 0.1) is 12.5 Å². The van der Waals surface area contributed by atoms with E-state index in [1.54, 1.807) is 0 Å². The van der Waals surface area contributed by atoms with Crippen LogP contribution < -0.4 is 5.32 Å². The normalized spacial score (nSPS) is 17.3. The number of hydrogen-bond acceptors (Lipinski definition) is 3. The van der Waals surface area contributed by atoms with Crippen LogP contribution >= 0.6 is 0 Å². The standard InChI is InChI=1S/C12H23NO2/c1-4-12(5-2,11(14)15-3)9-13-10-7-6-8-10/h10,13H,4-9H2,1-3H3. The Kier molecular flexibility index (Phi) is 4.58. The largest absolute Gasteiger partial charge is 0.469 e. The highest BCUT2D eigenvalue weighted by Gasteiger charge is 2.36. The van der Waals surface area contributed by atoms with Crippen LogP contribution in [-0.4, -0.2) is 25.7 Å². The predicted molar refractivity (Wildman–Crippen MR) is 60.7 cm³/mol. The fourth-order valence-electron chi connectivity index (χ4n) is 2.03. The highest BCUT2D eigenvalue weighted by atomic mass is 16.5. The lowest BCUT2D eigenvalue weighted by molar-refractivity contribution is -0.153. The monoisotopic (exact) mass is 213 g/mol. The average molecular weight is 213 g/mol. The summed E-state index contributed by atoms with van der Waals surface area (Å²) in [6.45, 7) is 4.88. The van der Waals surface area contributed by atoms with E-state index >= 15 is 0 Å². The summed E-state index contributed by atoms with van der Waals surface area (Å²) < 4.78 is 4.90. The molecule has 88 valence electrons. The molecule has 0 saturated heterocycles. The summed E-state index contributed by atoms with van der Waals surface area (Å²) in [6, 6.07) is 0.632. The molecule has 0 amide bonds. The molecule has 3 nitrogen and oxygen atoms in total. The predicted octanol–water partition coefficient (Wildman–Crippen LogP) is 2.11. The molecule has 0 heterocycles. The maximum atomic E-state index is 11.8. The maximum absolute atomic E-state index is 11.8. The van der Waals surface area contributed by atoms with Gasteiger partial charge in [0.25, 0.3) is 0 Å². The van der Waals surface area contributed by atoms with Gasteiger partial charge >= 0.3 is 5.97 Å². The number of carbonyl (C=O) groups is 1. The molecule has 0 unspecified atom stereocenters. The van der Waals surface area contributed by atoms with Gasteiger partial charge in [0.2, 0.25) is 0 Å². The van der Waals surface area contributed by atoms with Gasteiger partial charge in [-0.15, -0.1) is 0 Å². The van der Waals surface area contributed by atoms with E-state index in [4.69, 9.17) is 4.74 Å². The molecule has 0 aromatic carbocycles. The van der Waals surface area contributed by atoms with Crippen LogP contribution in [0, 0.1) is 5.41 Å². The number of ether oxygens (including phenoxy) is 1. The molecular formula is C12H23NO2. The Morgan fingerprint density at radius 3 is 2.33 bits per heavy atom. The lowest BCUT2D eigenvalue weighted by Crippen LogP contribution is -2.46. The number of carbonyl (C=O) groups excluding carboxylic acids is 1. The van der Waals surface area contributed by atoms with E-state index in [1.165, 1.54) is 26.4 Å². The quantitative estimate of drug-likeness (QED) is 0.687. The first-order valence-corrected chi connectivity index (χ1v) is 6.00. The van der Waals surface area contributed by atoms with Crippen LogP contribution in [0.5, 0.6) is 0 Å². The summed E-state index contributed by atoms with van der Waals surface area (Å²) in [5.74, 6) is -0.0701. The van der Waals surface area contributed by atoms with Crippen LogP contribution in [0.1, 0.15) is 46.0 Å². The molecule has 1 aliphatic rings. The average Bonchev–Trinajstić information content (AvgIpc) is 2.21. The van der Waals surface area contributed by atoms with Crippen LogP contribution in [0.2, 0.25) is 0 Å². The molecule has 1 N–H and O–H groups in total. The van der Waals surface area contributed by atoms with E-state index in [1.807, 2.05) is 0 Å². The minimum absolute atomic E-state index is 0.0701. The molecule has 0 spiro atoms. The number of nitrogens with one attached hydrogen (secondary N) is 1. The molecule has 0 bridgehead atoms. The molecule has 0 aromatic heterocycles. The fourth-order valence-corrected chi connectivity index (χ4v) is 2.03. The van der Waals surface area contributed by atoms with Gasteiger partial charge in [-0.05, 0) is 25.7 Å². The van der Waals surface area contributed by atoms with Crippen LogP contribution in [-0.2, 0) is 9.53 Å². The topological polar surface area (TPSA) is 38.3 Å². The van der Waals surface area contributed by atoms with Crippen molar-refractivity contribution in [3.63, 3.8) is 0 Å². The zero-order valence-electron chi connectivity index (χ0n) is 10.1. The molecule has 0 atom stereocenters. The summed E-state index contributed by atoms with van der Waals surface area (Å²) in [7, 11) is 1.48. The van der Waals surface area contributed by atoms with Crippen molar-refractivity contribution in [1.82, 2.24) is 5.32 Å². The highest BCUT2D eigenvalue weighted by molar-refractivity contribution is 5.76. The second kappa shape index (κ2) is 5.50. The molecule has 1 aliphatic carbocycles. The first-order valence-electron chi connectivity index (χ1n) is 6.00. The van der Waals surface area contributed by atoms with Gasteiger partial charge in [-0.1, -0.05) is 20.3 Å². The van der Waals surface area contributed by atoms with Gasteiger partial charge in [-0.2, -0.15) is 0 Å². The molecule has 0 aromatic rings. The fraction of sp³-hybridized carbons (Fsp3) is 0.917. The molecule has 3 heteroatoms. The smallest absolute Gasteiger partial charge is 0.313 e. The Balaban J connectivity index is 2.50. The van der Waals surface area contributed by atoms with Gasteiger partial charge in [-0.25, -0.2) is 0 Å². The molecule has 15 heavy (non-hydrogen) atoms. The third kappa shape index (κ3) is 2.71. The van der Waals surface area contributed by atoms with Gasteiger partial charge in [0.1, 0.15) is 0 Å². The Labute approximate surface area is 92.6 Å². The molecule has 1 fully saturated rings. The Hall–Kier alpha value is -0.570. The maximum Gasteiger partial charge on any atom is 0.313 e. The first-order chi connectivity index (χ1) is 7.18. The Bertz CT molecular complexity index is 208. The third-order valence-corrected chi connectivity index (χ3v) is 3.81. The number of hydrogen-bond donors (Lipinski definition) is 1. The zero-order chi connectivity index (χ0) is 11.3. The van der Waals surface area contributed by atoms with E-state index < -0.39 is 0 Å². The summed E-state index contributed by atoms with van der Waals surface area (Å²) in [4.78, 5) is 11.8. The van der Waals surface area contributed by atoms with E-state index in [0.717, 1.165) is 19.4 Å². The molecule has 1 rings (SSSR count). The summed E-state index contributed by atoms with van der Waals surface area (Å²) >= 11 is 0. The van der Waals surface area contributed by atoms with Crippen molar-refractivity contribution in [3.8, 4) is 0 Å². The van der Waals surface area contributed by atoms with Crippen molar-refractivity contribution >= 4 is 5.97 Å². The third-order valence-electron chi connectivity index (χ3n) is 3.81. The van der Waals surface area contributed by atoms with E-state index in [2.05, 4.69) is 19.2 Å². The van der Waals surface area contributed by atoms with Crippen molar-refractivity contribution in [1.29, 1.82) is 0 Å². The first kappa shape index (κ1) is 12.5. The minimum atomic E-state index is -0.315. The van der Waals surface area contributed by atoms with E-state index in [-0.39, 0.29) is 11.4 Å². The number of methoxy groups -OCH3 is 1. The van der Waals surface area contributed by atoms with Crippen molar-refractivity contribution in [2.75, 3.05) is 13.7 Å². The van der Waals surface area contributed by atoms with Gasteiger partial charge < -0.3 is 10.1 Å². The summed E-state index contributed by atoms with van der Waals surface area (Å²) in [5.41, 5.74) is -0.315. The Morgan fingerprint density at radius 2 is 2.00 bits per heavy atom. The zero-order valence-corrected chi connectivity index (χ0v) is 10.1. The minimum Gasteiger partial charge on any atom is -0.469 e.